The van der Waals surface area contributed by atoms with Crippen LogP contribution in [-0.2, 0) is 6.54 Å². The summed E-state index contributed by atoms with van der Waals surface area (Å²) in [5.74, 6) is 1.22. The maximum atomic E-state index is 12.4. The number of carbonyl (C=O) groups excluding carboxylic acids is 1. The van der Waals surface area contributed by atoms with Crippen molar-refractivity contribution in [1.82, 2.24) is 20.2 Å². The lowest BCUT2D eigenvalue weighted by Crippen LogP contribution is -2.43. The van der Waals surface area contributed by atoms with Crippen molar-refractivity contribution in [2.24, 2.45) is 0 Å². The van der Waals surface area contributed by atoms with Crippen LogP contribution in [0.4, 0.5) is 11.6 Å². The average Bonchev–Trinajstić information content (AvgIpc) is 2.74. The van der Waals surface area contributed by atoms with Gasteiger partial charge in [0.25, 0.3) is 5.91 Å². The molecule has 3 aromatic rings. The highest BCUT2D eigenvalue weighted by Crippen LogP contribution is 2.20. The third-order valence-corrected chi connectivity index (χ3v) is 5.41. The van der Waals surface area contributed by atoms with Crippen LogP contribution >= 0.6 is 0 Å². The first kappa shape index (κ1) is 19.1. The Morgan fingerprint density at radius 3 is 2.76 bits per heavy atom. The van der Waals surface area contributed by atoms with Crippen molar-refractivity contribution in [3.05, 3.63) is 59.9 Å². The van der Waals surface area contributed by atoms with Crippen LogP contribution in [-0.4, -0.2) is 47.0 Å². The summed E-state index contributed by atoms with van der Waals surface area (Å²) in [6, 6.07) is 11.9. The molecular formula is C22H26N6O. The van der Waals surface area contributed by atoms with E-state index in [0.717, 1.165) is 48.1 Å². The Hall–Kier alpha value is -3.19. The minimum atomic E-state index is -0.0562. The van der Waals surface area contributed by atoms with Crippen molar-refractivity contribution >= 4 is 28.3 Å². The molecule has 0 radical (unpaired) electrons. The number of anilines is 2. The number of aromatic nitrogens is 2. The predicted molar refractivity (Wildman–Crippen MR) is 116 cm³/mol. The Balaban J connectivity index is 1.34. The summed E-state index contributed by atoms with van der Waals surface area (Å²) in [4.78, 5) is 23.2. The second-order valence-electron chi connectivity index (χ2n) is 7.59. The first-order chi connectivity index (χ1) is 14.1. The molecule has 3 heterocycles. The van der Waals surface area contributed by atoms with Crippen LogP contribution in [0.3, 0.4) is 0 Å². The molecule has 0 atom stereocenters. The van der Waals surface area contributed by atoms with Gasteiger partial charge in [-0.25, -0.2) is 9.97 Å². The molecule has 0 unspecified atom stereocenters. The van der Waals surface area contributed by atoms with Crippen molar-refractivity contribution in [2.75, 3.05) is 31.2 Å². The molecule has 1 aliphatic rings. The minimum absolute atomic E-state index is 0.0562. The minimum Gasteiger partial charge on any atom is -0.383 e. The zero-order chi connectivity index (χ0) is 20.2. The number of piperidine rings is 1. The van der Waals surface area contributed by atoms with Gasteiger partial charge in [0, 0.05) is 30.4 Å². The monoisotopic (exact) mass is 390 g/mol. The van der Waals surface area contributed by atoms with E-state index in [1.54, 1.807) is 12.4 Å². The second-order valence-corrected chi connectivity index (χ2v) is 7.59. The third kappa shape index (κ3) is 4.63. The smallest absolute Gasteiger partial charge is 0.253 e. The topological polar surface area (TPSA) is 96.2 Å². The van der Waals surface area contributed by atoms with Crippen LogP contribution in [0.25, 0.3) is 10.8 Å². The number of nitrogen functional groups attached to an aromatic ring is 1. The number of nitrogens with zero attached hydrogens (tertiary/aromatic N) is 3. The van der Waals surface area contributed by atoms with Gasteiger partial charge in [0.15, 0.2) is 0 Å². The van der Waals surface area contributed by atoms with Crippen molar-refractivity contribution < 1.29 is 4.79 Å². The average molecular weight is 390 g/mol. The molecule has 1 saturated heterocycles. The zero-order valence-electron chi connectivity index (χ0n) is 16.6. The van der Waals surface area contributed by atoms with Crippen LogP contribution in [0.1, 0.15) is 28.8 Å². The zero-order valence-corrected chi connectivity index (χ0v) is 16.6. The fourth-order valence-corrected chi connectivity index (χ4v) is 3.61. The Bertz CT molecular complexity index is 996. The van der Waals surface area contributed by atoms with E-state index in [9.17, 15) is 4.79 Å². The van der Waals surface area contributed by atoms with Gasteiger partial charge in [-0.2, -0.15) is 0 Å². The Kier molecular flexibility index (Phi) is 5.57. The molecule has 0 bridgehead atoms. The highest BCUT2D eigenvalue weighted by Gasteiger charge is 2.19. The van der Waals surface area contributed by atoms with Gasteiger partial charge < -0.3 is 21.3 Å². The first-order valence-electron chi connectivity index (χ1n) is 9.91. The molecule has 0 saturated carbocycles. The van der Waals surface area contributed by atoms with Crippen LogP contribution in [0.5, 0.6) is 0 Å². The van der Waals surface area contributed by atoms with Gasteiger partial charge in [0.05, 0.1) is 5.56 Å². The van der Waals surface area contributed by atoms with Gasteiger partial charge in [-0.1, -0.05) is 12.1 Å². The maximum Gasteiger partial charge on any atom is 0.253 e. The van der Waals surface area contributed by atoms with Crippen molar-refractivity contribution in [1.29, 1.82) is 0 Å². The summed E-state index contributed by atoms with van der Waals surface area (Å²) in [6.07, 6.45) is 5.32. The number of pyridine rings is 2. The molecule has 0 spiro atoms. The third-order valence-electron chi connectivity index (χ3n) is 5.41. The standard InChI is InChI=1S/C22H26N6O/c1-28-10-7-18(8-11-28)27-22(29)17-3-5-20(26-14-17)25-13-15-2-4-19-16(12-15)6-9-24-21(19)23/h2-6,9,12,14,18H,7-8,10-11,13H2,1H3,(H2,23,24)(H,25,26)(H,27,29). The fraction of sp³-hybridized carbons (Fsp3) is 0.318. The highest BCUT2D eigenvalue weighted by molar-refractivity contribution is 5.94. The predicted octanol–water partition coefficient (Wildman–Crippen LogP) is 2.65. The van der Waals surface area contributed by atoms with E-state index in [2.05, 4.69) is 38.6 Å². The lowest BCUT2D eigenvalue weighted by molar-refractivity contribution is 0.0916. The van der Waals surface area contributed by atoms with E-state index in [-0.39, 0.29) is 11.9 Å². The molecule has 4 N–H and O–H groups in total. The van der Waals surface area contributed by atoms with E-state index < -0.39 is 0 Å². The van der Waals surface area contributed by atoms with Gasteiger partial charge in [-0.15, -0.1) is 0 Å². The quantitative estimate of drug-likeness (QED) is 0.620. The molecule has 4 rings (SSSR count). The number of nitrogens with two attached hydrogens (primary N) is 1. The number of carbonyl (C=O) groups is 1. The number of amides is 1. The van der Waals surface area contributed by atoms with Gasteiger partial charge in [-0.3, -0.25) is 4.79 Å². The first-order valence-corrected chi connectivity index (χ1v) is 9.91. The van der Waals surface area contributed by atoms with E-state index in [0.29, 0.717) is 17.9 Å². The van der Waals surface area contributed by atoms with E-state index in [1.807, 2.05) is 30.3 Å². The maximum absolute atomic E-state index is 12.4. The summed E-state index contributed by atoms with van der Waals surface area (Å²) in [5.41, 5.74) is 7.61. The van der Waals surface area contributed by atoms with E-state index in [1.165, 1.54) is 0 Å². The Morgan fingerprint density at radius 1 is 1.17 bits per heavy atom. The summed E-state index contributed by atoms with van der Waals surface area (Å²) in [5, 5.41) is 8.42. The normalized spacial score (nSPS) is 15.3. The van der Waals surface area contributed by atoms with Gasteiger partial charge in [0.2, 0.25) is 0 Å². The molecule has 2 aromatic heterocycles. The summed E-state index contributed by atoms with van der Waals surface area (Å²) < 4.78 is 0. The molecule has 0 aliphatic carbocycles. The van der Waals surface area contributed by atoms with Gasteiger partial charge >= 0.3 is 0 Å². The van der Waals surface area contributed by atoms with Gasteiger partial charge in [-0.05, 0) is 68.2 Å². The molecule has 7 nitrogen and oxygen atoms in total. The second kappa shape index (κ2) is 8.45. The van der Waals surface area contributed by atoms with Crippen molar-refractivity contribution in [3.63, 3.8) is 0 Å². The molecule has 1 fully saturated rings. The Labute approximate surface area is 170 Å². The van der Waals surface area contributed by atoms with E-state index >= 15 is 0 Å². The van der Waals surface area contributed by atoms with E-state index in [4.69, 9.17) is 5.73 Å². The molecule has 1 aromatic carbocycles. The van der Waals surface area contributed by atoms with Crippen molar-refractivity contribution in [3.8, 4) is 0 Å². The molecule has 1 amide bonds. The molecule has 7 heteroatoms. The molecule has 150 valence electrons. The highest BCUT2D eigenvalue weighted by atomic mass is 16.1. The van der Waals surface area contributed by atoms with Crippen LogP contribution < -0.4 is 16.4 Å². The number of hydrogen-bond acceptors (Lipinski definition) is 6. The number of benzene rings is 1. The van der Waals surface area contributed by atoms with Crippen LogP contribution in [0, 0.1) is 0 Å². The lowest BCUT2D eigenvalue weighted by atomic mass is 10.1. The lowest BCUT2D eigenvalue weighted by Gasteiger charge is -2.29. The number of rotatable bonds is 5. The fourth-order valence-electron chi connectivity index (χ4n) is 3.61. The number of fused-ring (bicyclic) bond motifs is 1. The SMILES string of the molecule is CN1CCC(NC(=O)c2ccc(NCc3ccc4c(N)nccc4c3)nc2)CC1. The number of likely N-dealkylation sites (tertiary alicyclic amines) is 1. The summed E-state index contributed by atoms with van der Waals surface area (Å²) in [7, 11) is 2.11. The van der Waals surface area contributed by atoms with Crippen LogP contribution in [0.15, 0.2) is 48.8 Å². The molecule has 29 heavy (non-hydrogen) atoms. The number of hydrogen-bond donors (Lipinski definition) is 3. The molecular weight excluding hydrogens is 364 g/mol. The molecule has 1 aliphatic heterocycles. The summed E-state index contributed by atoms with van der Waals surface area (Å²) in [6.45, 7) is 2.67. The van der Waals surface area contributed by atoms with Crippen LogP contribution in [0.2, 0.25) is 0 Å². The van der Waals surface area contributed by atoms with Crippen molar-refractivity contribution in [2.45, 2.75) is 25.4 Å². The van der Waals surface area contributed by atoms with Gasteiger partial charge in [0.1, 0.15) is 11.6 Å². The number of nitrogens with one attached hydrogen (secondary N) is 2. The summed E-state index contributed by atoms with van der Waals surface area (Å²) >= 11 is 0. The largest absolute Gasteiger partial charge is 0.383 e. The Morgan fingerprint density at radius 2 is 2.00 bits per heavy atom.